The number of anilines is 1. The normalized spacial score (nSPS) is 10.4. The first-order chi connectivity index (χ1) is 9.51. The van der Waals surface area contributed by atoms with Crippen molar-refractivity contribution in [3.63, 3.8) is 0 Å². The summed E-state index contributed by atoms with van der Waals surface area (Å²) in [5.74, 6) is -0.221. The topological polar surface area (TPSA) is 42.0 Å². The molecule has 0 saturated carbocycles. The van der Waals surface area contributed by atoms with Crippen LogP contribution < -0.4 is 5.32 Å². The molecule has 3 nitrogen and oxygen atoms in total. The van der Waals surface area contributed by atoms with Crippen molar-refractivity contribution >= 4 is 34.8 Å². The van der Waals surface area contributed by atoms with E-state index in [1.54, 1.807) is 18.2 Å². The molecule has 1 heterocycles. The van der Waals surface area contributed by atoms with Gasteiger partial charge in [-0.25, -0.2) is 4.98 Å². The van der Waals surface area contributed by atoms with Crippen LogP contribution in [0.2, 0.25) is 10.3 Å². The zero-order valence-electron chi connectivity index (χ0n) is 11.2. The number of aromatic nitrogens is 1. The summed E-state index contributed by atoms with van der Waals surface area (Å²) in [5, 5.41) is 3.26. The summed E-state index contributed by atoms with van der Waals surface area (Å²) in [5.41, 5.74) is 3.02. The van der Waals surface area contributed by atoms with E-state index in [0.717, 1.165) is 12.0 Å². The van der Waals surface area contributed by atoms with Gasteiger partial charge in [-0.1, -0.05) is 42.3 Å². The quantitative estimate of drug-likeness (QED) is 0.848. The van der Waals surface area contributed by atoms with Gasteiger partial charge in [-0.15, -0.1) is 0 Å². The maximum Gasteiger partial charge on any atom is 0.255 e. The minimum atomic E-state index is -0.221. The van der Waals surface area contributed by atoms with Gasteiger partial charge < -0.3 is 5.32 Å². The lowest BCUT2D eigenvalue weighted by atomic mass is 10.1. The van der Waals surface area contributed by atoms with Gasteiger partial charge in [0.25, 0.3) is 5.91 Å². The van der Waals surface area contributed by atoms with Crippen molar-refractivity contribution in [2.75, 3.05) is 5.32 Å². The molecule has 1 aromatic heterocycles. The first-order valence-electron chi connectivity index (χ1n) is 6.24. The number of nitrogens with zero attached hydrogens (tertiary/aromatic N) is 1. The summed E-state index contributed by atoms with van der Waals surface area (Å²) < 4.78 is 0. The van der Waals surface area contributed by atoms with Crippen LogP contribution in [0.3, 0.4) is 0 Å². The Hall–Kier alpha value is -1.58. The number of hydrogen-bond acceptors (Lipinski definition) is 2. The highest BCUT2D eigenvalue weighted by atomic mass is 35.5. The molecule has 1 amide bonds. The van der Waals surface area contributed by atoms with Gasteiger partial charge in [0.1, 0.15) is 5.15 Å². The average Bonchev–Trinajstić information content (AvgIpc) is 2.42. The van der Waals surface area contributed by atoms with Gasteiger partial charge in [-0.2, -0.15) is 0 Å². The Morgan fingerprint density at radius 1 is 1.25 bits per heavy atom. The molecule has 5 heteroatoms. The van der Waals surface area contributed by atoms with Crippen molar-refractivity contribution < 1.29 is 4.79 Å². The van der Waals surface area contributed by atoms with Gasteiger partial charge in [0.05, 0.1) is 5.69 Å². The number of rotatable bonds is 3. The largest absolute Gasteiger partial charge is 0.319 e. The maximum absolute atomic E-state index is 12.2. The Bertz CT molecular complexity index is 616. The number of benzene rings is 1. The van der Waals surface area contributed by atoms with E-state index in [9.17, 15) is 4.79 Å². The lowest BCUT2D eigenvalue weighted by Gasteiger charge is -2.10. The molecule has 104 valence electrons. The lowest BCUT2D eigenvalue weighted by Crippen LogP contribution is -2.13. The van der Waals surface area contributed by atoms with E-state index in [4.69, 9.17) is 23.2 Å². The summed E-state index contributed by atoms with van der Waals surface area (Å²) in [4.78, 5) is 16.1. The van der Waals surface area contributed by atoms with Crippen molar-refractivity contribution in [1.82, 2.24) is 4.98 Å². The van der Waals surface area contributed by atoms with Crippen LogP contribution in [0.1, 0.15) is 28.4 Å². The van der Waals surface area contributed by atoms with E-state index in [-0.39, 0.29) is 11.1 Å². The Balaban J connectivity index is 2.23. The van der Waals surface area contributed by atoms with E-state index in [2.05, 4.69) is 17.2 Å². The standard InChI is InChI=1S/C15H14Cl2N2O/c1-3-10-4-6-11(7-5-10)15(20)19-13-9(2)8-12(16)18-14(13)17/h4-8H,3H2,1-2H3,(H,19,20). The smallest absolute Gasteiger partial charge is 0.255 e. The Labute approximate surface area is 127 Å². The number of carbonyl (C=O) groups is 1. The molecule has 0 radical (unpaired) electrons. The highest BCUT2D eigenvalue weighted by molar-refractivity contribution is 6.35. The molecule has 0 aliphatic heterocycles. The highest BCUT2D eigenvalue weighted by Gasteiger charge is 2.12. The van der Waals surface area contributed by atoms with Crippen LogP contribution in [0.4, 0.5) is 5.69 Å². The number of pyridine rings is 1. The fraction of sp³-hybridized carbons (Fsp3) is 0.200. The zero-order chi connectivity index (χ0) is 14.7. The van der Waals surface area contributed by atoms with E-state index < -0.39 is 0 Å². The molecule has 0 spiro atoms. The Morgan fingerprint density at radius 3 is 2.45 bits per heavy atom. The van der Waals surface area contributed by atoms with Crippen LogP contribution in [-0.4, -0.2) is 10.9 Å². The zero-order valence-corrected chi connectivity index (χ0v) is 12.7. The number of aryl methyl sites for hydroxylation is 2. The highest BCUT2D eigenvalue weighted by Crippen LogP contribution is 2.26. The number of hydrogen-bond donors (Lipinski definition) is 1. The molecule has 0 aliphatic rings. The molecule has 0 unspecified atom stereocenters. The molecule has 1 N–H and O–H groups in total. The predicted molar refractivity (Wildman–Crippen MR) is 82.8 cm³/mol. The molecule has 0 fully saturated rings. The fourth-order valence-electron chi connectivity index (χ4n) is 1.82. The molecule has 2 rings (SSSR count). The average molecular weight is 309 g/mol. The van der Waals surface area contributed by atoms with E-state index in [1.807, 2.05) is 19.1 Å². The molecule has 20 heavy (non-hydrogen) atoms. The van der Waals surface area contributed by atoms with Crippen LogP contribution in [0, 0.1) is 6.92 Å². The lowest BCUT2D eigenvalue weighted by molar-refractivity contribution is 0.102. The minimum Gasteiger partial charge on any atom is -0.319 e. The Morgan fingerprint density at radius 2 is 1.90 bits per heavy atom. The van der Waals surface area contributed by atoms with Gasteiger partial charge >= 0.3 is 0 Å². The third kappa shape index (κ3) is 3.30. The van der Waals surface area contributed by atoms with Gasteiger partial charge in [0.15, 0.2) is 5.15 Å². The second-order valence-corrected chi connectivity index (χ2v) is 5.18. The van der Waals surface area contributed by atoms with E-state index in [0.29, 0.717) is 16.4 Å². The van der Waals surface area contributed by atoms with Crippen LogP contribution >= 0.6 is 23.2 Å². The molecule has 0 bridgehead atoms. The molecule has 0 aliphatic carbocycles. The third-order valence-electron chi connectivity index (χ3n) is 3.00. The van der Waals surface area contributed by atoms with Gasteiger partial charge in [-0.3, -0.25) is 4.79 Å². The van der Waals surface area contributed by atoms with Gasteiger partial charge in [0, 0.05) is 5.56 Å². The van der Waals surface area contributed by atoms with Crippen molar-refractivity contribution in [3.05, 3.63) is 57.3 Å². The molecule has 2 aromatic rings. The summed E-state index contributed by atoms with van der Waals surface area (Å²) >= 11 is 11.8. The minimum absolute atomic E-state index is 0.188. The monoisotopic (exact) mass is 308 g/mol. The van der Waals surface area contributed by atoms with Crippen molar-refractivity contribution in [2.24, 2.45) is 0 Å². The van der Waals surface area contributed by atoms with Crippen LogP contribution in [-0.2, 0) is 6.42 Å². The predicted octanol–water partition coefficient (Wildman–Crippen LogP) is 4.51. The first-order valence-corrected chi connectivity index (χ1v) is 6.99. The van der Waals surface area contributed by atoms with Crippen molar-refractivity contribution in [2.45, 2.75) is 20.3 Å². The van der Waals surface area contributed by atoms with E-state index in [1.165, 1.54) is 5.56 Å². The summed E-state index contributed by atoms with van der Waals surface area (Å²) in [6.45, 7) is 3.88. The third-order valence-corrected chi connectivity index (χ3v) is 3.47. The van der Waals surface area contributed by atoms with Crippen molar-refractivity contribution in [1.29, 1.82) is 0 Å². The maximum atomic E-state index is 12.2. The Kier molecular flexibility index (Phi) is 4.63. The molecular formula is C15H14Cl2N2O. The van der Waals surface area contributed by atoms with E-state index >= 15 is 0 Å². The number of carbonyl (C=O) groups excluding carboxylic acids is 1. The second kappa shape index (κ2) is 6.25. The van der Waals surface area contributed by atoms with Crippen LogP contribution in [0.25, 0.3) is 0 Å². The SMILES string of the molecule is CCc1ccc(C(=O)Nc2c(C)cc(Cl)nc2Cl)cc1. The first kappa shape index (κ1) is 14.8. The molecule has 0 saturated heterocycles. The summed E-state index contributed by atoms with van der Waals surface area (Å²) in [7, 11) is 0. The number of amides is 1. The number of halogens is 2. The van der Waals surface area contributed by atoms with Crippen LogP contribution in [0.5, 0.6) is 0 Å². The van der Waals surface area contributed by atoms with Crippen molar-refractivity contribution in [3.8, 4) is 0 Å². The van der Waals surface area contributed by atoms with Gasteiger partial charge in [0.2, 0.25) is 0 Å². The van der Waals surface area contributed by atoms with Crippen LogP contribution in [0.15, 0.2) is 30.3 Å². The summed E-state index contributed by atoms with van der Waals surface area (Å²) in [6.07, 6.45) is 0.938. The molecule has 0 atom stereocenters. The van der Waals surface area contributed by atoms with Gasteiger partial charge in [-0.05, 0) is 42.7 Å². The number of nitrogens with one attached hydrogen (secondary N) is 1. The molecule has 1 aromatic carbocycles. The fourth-order valence-corrected chi connectivity index (χ4v) is 2.40. The second-order valence-electron chi connectivity index (χ2n) is 4.43. The molecular weight excluding hydrogens is 295 g/mol. The summed E-state index contributed by atoms with van der Waals surface area (Å²) in [6, 6.07) is 9.11.